The number of fused-ring (bicyclic) bond motifs is 1. The van der Waals surface area contributed by atoms with E-state index in [-0.39, 0.29) is 17.9 Å². The first-order valence-electron chi connectivity index (χ1n) is 6.94. The van der Waals surface area contributed by atoms with Crippen LogP contribution in [0.1, 0.15) is 34.5 Å². The number of furan rings is 1. The number of hydrogen-bond donors (Lipinski definition) is 2. The fourth-order valence-corrected chi connectivity index (χ4v) is 2.52. The summed E-state index contributed by atoms with van der Waals surface area (Å²) >= 11 is 0. The second kappa shape index (κ2) is 4.63. The Labute approximate surface area is 117 Å². The van der Waals surface area contributed by atoms with Gasteiger partial charge in [-0.3, -0.25) is 4.79 Å². The summed E-state index contributed by atoms with van der Waals surface area (Å²) in [5.74, 6) is 0.181. The molecule has 1 saturated carbocycles. The van der Waals surface area contributed by atoms with Gasteiger partial charge in [0.2, 0.25) is 0 Å². The molecule has 20 heavy (non-hydrogen) atoms. The van der Waals surface area contributed by atoms with Crippen LogP contribution in [0, 0.1) is 19.3 Å². The lowest BCUT2D eigenvalue weighted by atomic mass is 10.1. The summed E-state index contributed by atoms with van der Waals surface area (Å²) in [6.07, 6.45) is 1.95. The van der Waals surface area contributed by atoms with Crippen LogP contribution < -0.4 is 5.32 Å². The number of hydrogen-bond acceptors (Lipinski definition) is 3. The third-order valence-electron chi connectivity index (χ3n) is 4.28. The molecule has 1 heterocycles. The molecule has 1 fully saturated rings. The van der Waals surface area contributed by atoms with E-state index in [0.717, 1.165) is 34.9 Å². The van der Waals surface area contributed by atoms with Gasteiger partial charge < -0.3 is 14.8 Å². The molecule has 3 rings (SSSR count). The maximum absolute atomic E-state index is 12.3. The highest BCUT2D eigenvalue weighted by Gasteiger charge is 2.42. The summed E-state index contributed by atoms with van der Waals surface area (Å²) in [6.45, 7) is 4.51. The number of carbonyl (C=O) groups excluding carboxylic acids is 1. The van der Waals surface area contributed by atoms with Crippen LogP contribution in [-0.4, -0.2) is 24.2 Å². The molecule has 0 bridgehead atoms. The van der Waals surface area contributed by atoms with Crippen LogP contribution in [0.2, 0.25) is 0 Å². The normalized spacial score (nSPS) is 16.4. The zero-order valence-electron chi connectivity index (χ0n) is 11.8. The molecule has 0 aliphatic heterocycles. The maximum atomic E-state index is 12.3. The largest absolute Gasteiger partial charge is 0.450 e. The van der Waals surface area contributed by atoms with Gasteiger partial charge in [0.1, 0.15) is 5.58 Å². The van der Waals surface area contributed by atoms with Gasteiger partial charge in [-0.05, 0) is 32.3 Å². The number of aliphatic hydroxyl groups excluding tert-OH is 1. The van der Waals surface area contributed by atoms with E-state index in [2.05, 4.69) is 5.32 Å². The minimum atomic E-state index is -0.196. The zero-order chi connectivity index (χ0) is 14.3. The van der Waals surface area contributed by atoms with Crippen molar-refractivity contribution < 1.29 is 14.3 Å². The van der Waals surface area contributed by atoms with Gasteiger partial charge in [0, 0.05) is 22.9 Å². The van der Waals surface area contributed by atoms with Crippen LogP contribution in [0.15, 0.2) is 22.6 Å². The molecule has 0 saturated heterocycles. The van der Waals surface area contributed by atoms with Crippen molar-refractivity contribution in [2.24, 2.45) is 5.41 Å². The second-order valence-corrected chi connectivity index (χ2v) is 5.85. The van der Waals surface area contributed by atoms with Crippen LogP contribution in [0.3, 0.4) is 0 Å². The maximum Gasteiger partial charge on any atom is 0.287 e. The number of para-hydroxylation sites is 1. The van der Waals surface area contributed by atoms with Crippen molar-refractivity contribution in [3.05, 3.63) is 35.1 Å². The van der Waals surface area contributed by atoms with E-state index in [1.54, 1.807) is 0 Å². The molecule has 0 unspecified atom stereocenters. The van der Waals surface area contributed by atoms with Crippen molar-refractivity contribution in [2.75, 3.05) is 13.2 Å². The molecular formula is C16H19NO3. The Bertz CT molecular complexity index is 668. The monoisotopic (exact) mass is 273 g/mol. The third-order valence-corrected chi connectivity index (χ3v) is 4.28. The van der Waals surface area contributed by atoms with E-state index in [9.17, 15) is 9.90 Å². The Morgan fingerprint density at radius 2 is 2.15 bits per heavy atom. The number of amides is 1. The predicted molar refractivity (Wildman–Crippen MR) is 76.8 cm³/mol. The highest BCUT2D eigenvalue weighted by Crippen LogP contribution is 2.44. The molecule has 0 radical (unpaired) electrons. The van der Waals surface area contributed by atoms with E-state index < -0.39 is 0 Å². The van der Waals surface area contributed by atoms with Crippen molar-refractivity contribution in [3.63, 3.8) is 0 Å². The molecule has 2 N–H and O–H groups in total. The van der Waals surface area contributed by atoms with Crippen molar-refractivity contribution in [3.8, 4) is 0 Å². The Morgan fingerprint density at radius 3 is 2.75 bits per heavy atom. The molecular weight excluding hydrogens is 254 g/mol. The highest BCUT2D eigenvalue weighted by atomic mass is 16.3. The number of carbonyl (C=O) groups is 1. The van der Waals surface area contributed by atoms with Crippen LogP contribution in [0.4, 0.5) is 0 Å². The topological polar surface area (TPSA) is 62.5 Å². The average Bonchev–Trinajstić information content (AvgIpc) is 3.16. The van der Waals surface area contributed by atoms with Crippen molar-refractivity contribution >= 4 is 16.9 Å². The van der Waals surface area contributed by atoms with E-state index in [0.29, 0.717) is 12.3 Å². The quantitative estimate of drug-likeness (QED) is 0.900. The molecule has 106 valence electrons. The fourth-order valence-electron chi connectivity index (χ4n) is 2.52. The van der Waals surface area contributed by atoms with Gasteiger partial charge in [0.25, 0.3) is 5.91 Å². The number of nitrogens with one attached hydrogen (secondary N) is 1. The smallest absolute Gasteiger partial charge is 0.287 e. The van der Waals surface area contributed by atoms with E-state index in [1.807, 2.05) is 32.0 Å². The van der Waals surface area contributed by atoms with Gasteiger partial charge in [-0.15, -0.1) is 0 Å². The summed E-state index contributed by atoms with van der Waals surface area (Å²) in [6, 6.07) is 5.90. The Morgan fingerprint density at radius 1 is 1.40 bits per heavy atom. The van der Waals surface area contributed by atoms with Gasteiger partial charge in [-0.25, -0.2) is 0 Å². The summed E-state index contributed by atoms with van der Waals surface area (Å²) in [5.41, 5.74) is 2.58. The molecule has 1 aliphatic rings. The van der Waals surface area contributed by atoms with E-state index in [1.165, 1.54) is 0 Å². The average molecular weight is 273 g/mol. The standard InChI is InChI=1S/C16H19NO3/c1-10-4-3-5-12-11(2)14(20-13(10)12)15(19)17-8-16(9-18)6-7-16/h3-5,18H,6-9H2,1-2H3,(H,17,19). The van der Waals surface area contributed by atoms with Crippen LogP contribution in [0.5, 0.6) is 0 Å². The van der Waals surface area contributed by atoms with Crippen LogP contribution >= 0.6 is 0 Å². The first kappa shape index (κ1) is 13.2. The molecule has 4 heteroatoms. The SMILES string of the molecule is Cc1c(C(=O)NCC2(CO)CC2)oc2c(C)cccc12. The lowest BCUT2D eigenvalue weighted by molar-refractivity contribution is 0.0908. The number of aliphatic hydroxyl groups is 1. The van der Waals surface area contributed by atoms with Gasteiger partial charge in [-0.1, -0.05) is 18.2 Å². The van der Waals surface area contributed by atoms with Gasteiger partial charge >= 0.3 is 0 Å². The third kappa shape index (κ3) is 2.10. The summed E-state index contributed by atoms with van der Waals surface area (Å²) in [5, 5.41) is 13.1. The fraction of sp³-hybridized carbons (Fsp3) is 0.438. The molecule has 1 aromatic heterocycles. The van der Waals surface area contributed by atoms with Gasteiger partial charge in [-0.2, -0.15) is 0 Å². The van der Waals surface area contributed by atoms with Crippen molar-refractivity contribution in [1.29, 1.82) is 0 Å². The van der Waals surface area contributed by atoms with Gasteiger partial charge in [0.15, 0.2) is 5.76 Å². The number of benzene rings is 1. The summed E-state index contributed by atoms with van der Waals surface area (Å²) in [7, 11) is 0. The second-order valence-electron chi connectivity index (χ2n) is 5.85. The molecule has 1 amide bonds. The van der Waals surface area contributed by atoms with E-state index >= 15 is 0 Å². The molecule has 2 aromatic rings. The lowest BCUT2D eigenvalue weighted by Gasteiger charge is -2.11. The Kier molecular flexibility index (Phi) is 3.05. The summed E-state index contributed by atoms with van der Waals surface area (Å²) < 4.78 is 5.74. The lowest BCUT2D eigenvalue weighted by Crippen LogP contribution is -2.31. The first-order valence-corrected chi connectivity index (χ1v) is 6.94. The first-order chi connectivity index (χ1) is 9.56. The Hall–Kier alpha value is -1.81. The molecule has 1 aliphatic carbocycles. The molecule has 1 aromatic carbocycles. The number of aryl methyl sites for hydroxylation is 2. The zero-order valence-corrected chi connectivity index (χ0v) is 11.8. The van der Waals surface area contributed by atoms with E-state index in [4.69, 9.17) is 4.42 Å². The van der Waals surface area contributed by atoms with Crippen molar-refractivity contribution in [1.82, 2.24) is 5.32 Å². The highest BCUT2D eigenvalue weighted by molar-refractivity contribution is 5.99. The minimum absolute atomic E-state index is 0.0918. The van der Waals surface area contributed by atoms with Crippen LogP contribution in [0.25, 0.3) is 11.0 Å². The number of rotatable bonds is 4. The predicted octanol–water partition coefficient (Wildman–Crippen LogP) is 2.55. The molecule has 0 atom stereocenters. The van der Waals surface area contributed by atoms with Crippen LogP contribution in [-0.2, 0) is 0 Å². The summed E-state index contributed by atoms with van der Waals surface area (Å²) in [4.78, 5) is 12.3. The molecule has 4 nitrogen and oxygen atoms in total. The Balaban J connectivity index is 1.84. The minimum Gasteiger partial charge on any atom is -0.450 e. The van der Waals surface area contributed by atoms with Crippen molar-refractivity contribution in [2.45, 2.75) is 26.7 Å². The molecule has 0 spiro atoms. The van der Waals surface area contributed by atoms with Gasteiger partial charge in [0.05, 0.1) is 6.61 Å².